The number of hydrogen-bond donors (Lipinski definition) is 2. The topological polar surface area (TPSA) is 62.2 Å². The number of rotatable bonds is 8. The summed E-state index contributed by atoms with van der Waals surface area (Å²) in [4.78, 5) is 16.7. The molecule has 1 unspecified atom stereocenters. The molecule has 2 aromatic carbocycles. The van der Waals surface area contributed by atoms with Crippen LogP contribution in [0.3, 0.4) is 0 Å². The fraction of sp³-hybridized carbons (Fsp3) is 0.238. The fourth-order valence-corrected chi connectivity index (χ4v) is 4.31. The van der Waals surface area contributed by atoms with E-state index in [9.17, 15) is 9.90 Å². The summed E-state index contributed by atoms with van der Waals surface area (Å²) in [5, 5.41) is 15.9. The van der Waals surface area contributed by atoms with Gasteiger partial charge in [0.25, 0.3) is 0 Å². The molecule has 27 heavy (non-hydrogen) atoms. The monoisotopic (exact) mass is 398 g/mol. The number of thiazole rings is 1. The molecule has 4 nitrogen and oxygen atoms in total. The molecular formula is C21H22N2O2S2. The molecule has 0 fully saturated rings. The van der Waals surface area contributed by atoms with E-state index >= 15 is 0 Å². The number of benzene rings is 2. The first kappa shape index (κ1) is 19.6. The first-order valence-electron chi connectivity index (χ1n) is 8.71. The number of aliphatic hydroxyl groups excluding tert-OH is 1. The molecule has 6 heteroatoms. The normalized spacial score (nSPS) is 11.9. The summed E-state index contributed by atoms with van der Waals surface area (Å²) >= 11 is 3.14. The number of aliphatic hydroxyl groups is 1. The first-order valence-corrected chi connectivity index (χ1v) is 10.7. The van der Waals surface area contributed by atoms with Crippen LogP contribution < -0.4 is 5.32 Å². The summed E-state index contributed by atoms with van der Waals surface area (Å²) in [5.41, 5.74) is 3.83. The van der Waals surface area contributed by atoms with E-state index < -0.39 is 6.10 Å². The van der Waals surface area contributed by atoms with E-state index in [-0.39, 0.29) is 12.3 Å². The van der Waals surface area contributed by atoms with Crippen molar-refractivity contribution in [2.45, 2.75) is 25.2 Å². The van der Waals surface area contributed by atoms with Gasteiger partial charge in [-0.05, 0) is 24.6 Å². The second-order valence-electron chi connectivity index (χ2n) is 6.27. The lowest BCUT2D eigenvalue weighted by Gasteiger charge is -2.09. The van der Waals surface area contributed by atoms with Crippen molar-refractivity contribution in [3.05, 3.63) is 81.8 Å². The molecule has 1 heterocycles. The number of nitrogens with zero attached hydrogens (tertiary/aromatic N) is 1. The molecule has 2 N–H and O–H groups in total. The van der Waals surface area contributed by atoms with Crippen molar-refractivity contribution in [1.29, 1.82) is 0 Å². The van der Waals surface area contributed by atoms with Gasteiger partial charge in [0.2, 0.25) is 5.91 Å². The largest absolute Gasteiger partial charge is 0.388 e. The van der Waals surface area contributed by atoms with Crippen LogP contribution in [0.25, 0.3) is 0 Å². The average Bonchev–Trinajstić information content (AvgIpc) is 3.11. The van der Waals surface area contributed by atoms with Crippen molar-refractivity contribution in [3.63, 3.8) is 0 Å². The number of carbonyl (C=O) groups excluding carboxylic acids is 1. The smallest absolute Gasteiger partial charge is 0.231 e. The number of amides is 1. The van der Waals surface area contributed by atoms with Crippen molar-refractivity contribution in [2.24, 2.45) is 0 Å². The molecule has 0 saturated heterocycles. The minimum Gasteiger partial charge on any atom is -0.388 e. The fourth-order valence-electron chi connectivity index (χ4n) is 2.52. The Morgan fingerprint density at radius 3 is 2.67 bits per heavy atom. The van der Waals surface area contributed by atoms with Crippen LogP contribution >= 0.6 is 23.1 Å². The Hall–Kier alpha value is -2.15. The quantitative estimate of drug-likeness (QED) is 0.582. The Bertz CT molecular complexity index is 863. The summed E-state index contributed by atoms with van der Waals surface area (Å²) in [6.45, 7) is 2.01. The van der Waals surface area contributed by atoms with E-state index in [1.807, 2.05) is 66.9 Å². The zero-order valence-electron chi connectivity index (χ0n) is 15.1. The highest BCUT2D eigenvalue weighted by atomic mass is 32.2. The molecule has 3 rings (SSSR count). The number of hydrogen-bond acceptors (Lipinski definition) is 5. The number of anilines is 1. The molecule has 3 aromatic rings. The van der Waals surface area contributed by atoms with Gasteiger partial charge in [0.15, 0.2) is 0 Å². The highest BCUT2D eigenvalue weighted by Gasteiger charge is 2.10. The van der Waals surface area contributed by atoms with Gasteiger partial charge in [0.05, 0.1) is 18.2 Å². The van der Waals surface area contributed by atoms with E-state index in [2.05, 4.69) is 10.3 Å². The molecule has 140 valence electrons. The third-order valence-electron chi connectivity index (χ3n) is 3.96. The Kier molecular flexibility index (Phi) is 7.04. The Morgan fingerprint density at radius 2 is 1.93 bits per heavy atom. The summed E-state index contributed by atoms with van der Waals surface area (Å²) < 4.78 is 0. The number of carbonyl (C=O) groups is 1. The highest BCUT2D eigenvalue weighted by Crippen LogP contribution is 2.22. The van der Waals surface area contributed by atoms with Crippen molar-refractivity contribution in [3.8, 4) is 0 Å². The molecular weight excluding hydrogens is 376 g/mol. The standard InChI is InChI=1S/C21H22N2O2S2/c1-15-7-9-17(10-8-15)22-20(25)11-21-23-18(13-27-21)12-26-14-19(24)16-5-3-2-4-6-16/h2-10,13,19,24H,11-12,14H2,1H3,(H,22,25). The number of thioether (sulfide) groups is 1. The number of aryl methyl sites for hydroxylation is 1. The van der Waals surface area contributed by atoms with E-state index in [4.69, 9.17) is 0 Å². The van der Waals surface area contributed by atoms with Crippen molar-refractivity contribution < 1.29 is 9.90 Å². The summed E-state index contributed by atoms with van der Waals surface area (Å²) in [7, 11) is 0. The van der Waals surface area contributed by atoms with Crippen LogP contribution in [0.4, 0.5) is 5.69 Å². The molecule has 0 bridgehead atoms. The summed E-state index contributed by atoms with van der Waals surface area (Å²) in [6, 6.07) is 17.4. The van der Waals surface area contributed by atoms with Crippen LogP contribution in [0.15, 0.2) is 60.0 Å². The van der Waals surface area contributed by atoms with Gasteiger partial charge >= 0.3 is 0 Å². The third kappa shape index (κ3) is 6.20. The number of aromatic nitrogens is 1. The highest BCUT2D eigenvalue weighted by molar-refractivity contribution is 7.98. The SMILES string of the molecule is Cc1ccc(NC(=O)Cc2nc(CSCC(O)c3ccccc3)cs2)cc1. The van der Waals surface area contributed by atoms with Gasteiger partial charge in [-0.3, -0.25) is 4.79 Å². The predicted octanol–water partition coefficient (Wildman–Crippen LogP) is 4.60. The van der Waals surface area contributed by atoms with Crippen LogP contribution in [0.2, 0.25) is 0 Å². The maximum atomic E-state index is 12.2. The molecule has 1 aromatic heterocycles. The minimum absolute atomic E-state index is 0.0631. The molecule has 0 aliphatic rings. The van der Waals surface area contributed by atoms with Crippen molar-refractivity contribution in [2.75, 3.05) is 11.1 Å². The summed E-state index contributed by atoms with van der Waals surface area (Å²) in [5.74, 6) is 1.28. The Balaban J connectivity index is 1.44. The van der Waals surface area contributed by atoms with E-state index in [0.29, 0.717) is 5.75 Å². The van der Waals surface area contributed by atoms with Crippen molar-refractivity contribution in [1.82, 2.24) is 4.98 Å². The first-order chi connectivity index (χ1) is 13.1. The van der Waals surface area contributed by atoms with Crippen LogP contribution in [-0.4, -0.2) is 21.8 Å². The zero-order chi connectivity index (χ0) is 19.1. The van der Waals surface area contributed by atoms with Crippen LogP contribution in [0, 0.1) is 6.92 Å². The Morgan fingerprint density at radius 1 is 1.19 bits per heavy atom. The van der Waals surface area contributed by atoms with Gasteiger partial charge in [-0.15, -0.1) is 11.3 Å². The molecule has 0 radical (unpaired) electrons. The molecule has 1 amide bonds. The Labute approximate surface area is 167 Å². The van der Waals surface area contributed by atoms with Crippen LogP contribution in [0.1, 0.15) is 27.9 Å². The van der Waals surface area contributed by atoms with Gasteiger partial charge in [-0.1, -0.05) is 48.0 Å². The van der Waals surface area contributed by atoms with Gasteiger partial charge in [0.1, 0.15) is 5.01 Å². The van der Waals surface area contributed by atoms with Crippen LogP contribution in [-0.2, 0) is 17.0 Å². The lowest BCUT2D eigenvalue weighted by atomic mass is 10.1. The molecule has 0 saturated carbocycles. The van der Waals surface area contributed by atoms with Gasteiger partial charge < -0.3 is 10.4 Å². The molecule has 0 aliphatic carbocycles. The lowest BCUT2D eigenvalue weighted by molar-refractivity contribution is -0.115. The van der Waals surface area contributed by atoms with Gasteiger partial charge in [-0.25, -0.2) is 4.98 Å². The molecule has 1 atom stereocenters. The minimum atomic E-state index is -0.477. The van der Waals surface area contributed by atoms with E-state index in [0.717, 1.165) is 33.3 Å². The van der Waals surface area contributed by atoms with E-state index in [1.165, 1.54) is 11.3 Å². The molecule has 0 spiro atoms. The summed E-state index contributed by atoms with van der Waals surface area (Å²) in [6.07, 6.45) is -0.204. The zero-order valence-corrected chi connectivity index (χ0v) is 16.7. The maximum Gasteiger partial charge on any atom is 0.231 e. The van der Waals surface area contributed by atoms with Crippen molar-refractivity contribution >= 4 is 34.7 Å². The lowest BCUT2D eigenvalue weighted by Crippen LogP contribution is -2.14. The average molecular weight is 399 g/mol. The number of nitrogens with one attached hydrogen (secondary N) is 1. The predicted molar refractivity (Wildman–Crippen MR) is 113 cm³/mol. The van der Waals surface area contributed by atoms with Crippen LogP contribution in [0.5, 0.6) is 0 Å². The van der Waals surface area contributed by atoms with E-state index in [1.54, 1.807) is 11.8 Å². The second kappa shape index (κ2) is 9.69. The van der Waals surface area contributed by atoms with Gasteiger partial charge in [0, 0.05) is 22.6 Å². The van der Waals surface area contributed by atoms with Gasteiger partial charge in [-0.2, -0.15) is 11.8 Å². The third-order valence-corrected chi connectivity index (χ3v) is 5.91. The maximum absolute atomic E-state index is 12.2. The molecule has 0 aliphatic heterocycles. The second-order valence-corrected chi connectivity index (χ2v) is 8.24.